The third-order valence-corrected chi connectivity index (χ3v) is 5.61. The second-order valence-electron chi connectivity index (χ2n) is 8.82. The van der Waals surface area contributed by atoms with Crippen LogP contribution in [-0.2, 0) is 27.0 Å². The maximum atomic E-state index is 13.1. The Morgan fingerprint density at radius 1 is 0.950 bits per heavy atom. The summed E-state index contributed by atoms with van der Waals surface area (Å²) in [5, 5.41) is 6.69. The summed E-state index contributed by atoms with van der Waals surface area (Å²) in [6.45, 7) is 3.50. The van der Waals surface area contributed by atoms with Gasteiger partial charge in [0.15, 0.2) is 0 Å². The maximum absolute atomic E-state index is 13.1. The fourth-order valence-electron chi connectivity index (χ4n) is 3.63. The minimum absolute atomic E-state index is 0.133. The van der Waals surface area contributed by atoms with Crippen LogP contribution in [0.2, 0.25) is 0 Å². The lowest BCUT2D eigenvalue weighted by molar-refractivity contribution is -0.137. The highest BCUT2D eigenvalue weighted by molar-refractivity contribution is 5.98. The summed E-state index contributed by atoms with van der Waals surface area (Å²) in [5.74, 6) is -1.39. The number of anilines is 1. The third-order valence-electron chi connectivity index (χ3n) is 5.61. The molecule has 2 rings (SSSR count). The molecule has 2 aromatic carbocycles. The molecule has 11 nitrogen and oxygen atoms in total. The van der Waals surface area contributed by atoms with E-state index in [-0.39, 0.29) is 19.5 Å². The van der Waals surface area contributed by atoms with Crippen LogP contribution in [0.3, 0.4) is 0 Å². The van der Waals surface area contributed by atoms with Gasteiger partial charge >= 0.3 is 6.18 Å². The Morgan fingerprint density at radius 3 is 2.08 bits per heavy atom. The van der Waals surface area contributed by atoms with E-state index in [4.69, 9.17) is 21.9 Å². The third kappa shape index (κ3) is 10.8. The summed E-state index contributed by atoms with van der Waals surface area (Å²) in [6.07, 6.45) is -5.05. The topological polar surface area (TPSA) is 178 Å². The molecular weight excluding hydrogens is 531 g/mol. The van der Waals surface area contributed by atoms with Crippen molar-refractivity contribution >= 4 is 23.4 Å². The molecule has 0 aliphatic carbocycles. The van der Waals surface area contributed by atoms with E-state index >= 15 is 0 Å². The van der Waals surface area contributed by atoms with E-state index in [9.17, 15) is 27.6 Å². The molecule has 9 N–H and O–H groups in total. The number of rotatable bonds is 15. The molecule has 2 atom stereocenters. The van der Waals surface area contributed by atoms with Gasteiger partial charge in [-0.15, -0.1) is 0 Å². The highest BCUT2D eigenvalue weighted by atomic mass is 19.4. The number of ether oxygens (including phenoxy) is 1. The summed E-state index contributed by atoms with van der Waals surface area (Å²) in [7, 11) is 0. The molecule has 3 amide bonds. The number of amides is 3. The van der Waals surface area contributed by atoms with Crippen LogP contribution < -0.4 is 38.0 Å². The lowest BCUT2D eigenvalue weighted by Crippen LogP contribution is -2.53. The molecule has 2 aromatic rings. The molecule has 0 saturated heterocycles. The molecule has 0 aromatic heterocycles. The minimum atomic E-state index is -4.52. The Morgan fingerprint density at radius 2 is 1.55 bits per heavy atom. The first kappa shape index (κ1) is 32.5. The first-order chi connectivity index (χ1) is 19.0. The lowest BCUT2D eigenvalue weighted by atomic mass is 10.0. The molecule has 0 spiro atoms. The Bertz CT molecular complexity index is 1090. The van der Waals surface area contributed by atoms with Crippen LogP contribution in [0.1, 0.15) is 24.5 Å². The summed E-state index contributed by atoms with van der Waals surface area (Å²) in [6, 6.07) is 8.21. The van der Waals surface area contributed by atoms with Crippen molar-refractivity contribution in [3.05, 3.63) is 59.7 Å². The number of hydrazine groups is 1. The van der Waals surface area contributed by atoms with Crippen LogP contribution in [0.5, 0.6) is 5.75 Å². The summed E-state index contributed by atoms with van der Waals surface area (Å²) in [5.41, 5.74) is 19.5. The van der Waals surface area contributed by atoms with Crippen molar-refractivity contribution in [3.63, 3.8) is 0 Å². The van der Waals surface area contributed by atoms with Crippen LogP contribution in [0.4, 0.5) is 18.9 Å². The maximum Gasteiger partial charge on any atom is 0.416 e. The number of hydrogen-bond acceptors (Lipinski definition) is 8. The van der Waals surface area contributed by atoms with Gasteiger partial charge < -0.3 is 32.6 Å². The van der Waals surface area contributed by atoms with Gasteiger partial charge in [-0.2, -0.15) is 13.2 Å². The van der Waals surface area contributed by atoms with Crippen LogP contribution in [0.15, 0.2) is 48.5 Å². The zero-order valence-corrected chi connectivity index (χ0v) is 22.2. The second kappa shape index (κ2) is 15.8. The van der Waals surface area contributed by atoms with Crippen molar-refractivity contribution < 1.29 is 32.3 Å². The first-order valence-corrected chi connectivity index (χ1v) is 12.7. The van der Waals surface area contributed by atoms with E-state index in [1.807, 2.05) is 6.92 Å². The number of carbonyl (C=O) groups excluding carboxylic acids is 3. The highest BCUT2D eigenvalue weighted by Gasteiger charge is 2.31. The Balaban J connectivity index is 2.14. The molecule has 0 fully saturated rings. The first-order valence-electron chi connectivity index (χ1n) is 12.7. The number of carbonyl (C=O) groups is 3. The number of nitrogens with zero attached hydrogens (tertiary/aromatic N) is 1. The van der Waals surface area contributed by atoms with E-state index in [1.165, 1.54) is 17.1 Å². The van der Waals surface area contributed by atoms with Gasteiger partial charge in [0.05, 0.1) is 24.6 Å². The van der Waals surface area contributed by atoms with Gasteiger partial charge in [-0.05, 0) is 48.9 Å². The minimum Gasteiger partial charge on any atom is -0.494 e. The lowest BCUT2D eigenvalue weighted by Gasteiger charge is -2.23. The molecule has 0 heterocycles. The standard InChI is InChI=1S/C26H36F3N7O4/c1-2-40-20-9-7-19(8-10-20)33-25(39)22(15-17-3-5-18(6-4-17)26(27,28)29)34-24(38)21(32)16-23(37)35-36(13-11-30)14-12-31/h3-10,21-22H,2,11-16,30-32H2,1H3,(H,33,39)(H,34,38)(H,35,37). The zero-order chi connectivity index (χ0) is 29.7. The van der Waals surface area contributed by atoms with E-state index < -0.39 is 48.0 Å². The number of nitrogens with two attached hydrogens (primary N) is 3. The normalized spacial score (nSPS) is 12.9. The SMILES string of the molecule is CCOc1ccc(NC(=O)C(Cc2ccc(C(F)(F)F)cc2)NC(=O)C(N)CC(=O)NN(CCN)CCN)cc1. The van der Waals surface area contributed by atoms with E-state index in [2.05, 4.69) is 16.1 Å². The molecule has 220 valence electrons. The van der Waals surface area contributed by atoms with Crippen LogP contribution in [0, 0.1) is 0 Å². The van der Waals surface area contributed by atoms with Gasteiger partial charge in [0.25, 0.3) is 0 Å². The summed E-state index contributed by atoms with van der Waals surface area (Å²) in [4.78, 5) is 38.4. The number of benzene rings is 2. The molecule has 0 radical (unpaired) electrons. The zero-order valence-electron chi connectivity index (χ0n) is 22.2. The van der Waals surface area contributed by atoms with Gasteiger partial charge in [-0.25, -0.2) is 5.01 Å². The molecule has 0 aliphatic rings. The Hall–Kier alpha value is -3.72. The molecule has 0 bridgehead atoms. The van der Waals surface area contributed by atoms with Gasteiger partial charge in [0, 0.05) is 38.3 Å². The number of hydrogen-bond donors (Lipinski definition) is 6. The average molecular weight is 568 g/mol. The average Bonchev–Trinajstić information content (AvgIpc) is 2.89. The number of alkyl halides is 3. The Kier molecular flexibility index (Phi) is 12.8. The van der Waals surface area contributed by atoms with Crippen molar-refractivity contribution in [2.45, 2.75) is 38.0 Å². The molecule has 0 saturated carbocycles. The molecule has 2 unspecified atom stereocenters. The predicted molar refractivity (Wildman–Crippen MR) is 144 cm³/mol. The Labute approximate surface area is 230 Å². The van der Waals surface area contributed by atoms with Crippen LogP contribution >= 0.6 is 0 Å². The highest BCUT2D eigenvalue weighted by Crippen LogP contribution is 2.29. The number of nitrogens with one attached hydrogen (secondary N) is 3. The van der Waals surface area contributed by atoms with E-state index in [0.717, 1.165) is 12.1 Å². The molecule has 40 heavy (non-hydrogen) atoms. The van der Waals surface area contributed by atoms with Crippen LogP contribution in [0.25, 0.3) is 0 Å². The van der Waals surface area contributed by atoms with Gasteiger partial charge in [-0.1, -0.05) is 12.1 Å². The van der Waals surface area contributed by atoms with Crippen molar-refractivity contribution in [2.24, 2.45) is 17.2 Å². The second-order valence-corrected chi connectivity index (χ2v) is 8.82. The summed E-state index contributed by atoms with van der Waals surface area (Å²) >= 11 is 0. The van der Waals surface area contributed by atoms with Crippen molar-refractivity contribution in [1.82, 2.24) is 15.8 Å². The smallest absolute Gasteiger partial charge is 0.416 e. The molecular formula is C26H36F3N7O4. The van der Waals surface area contributed by atoms with Gasteiger partial charge in [0.1, 0.15) is 11.8 Å². The van der Waals surface area contributed by atoms with E-state index in [1.54, 1.807) is 24.3 Å². The van der Waals surface area contributed by atoms with Gasteiger partial charge in [-0.3, -0.25) is 19.8 Å². The van der Waals surface area contributed by atoms with E-state index in [0.29, 0.717) is 36.7 Å². The monoisotopic (exact) mass is 567 g/mol. The van der Waals surface area contributed by atoms with Crippen molar-refractivity contribution in [2.75, 3.05) is 38.1 Å². The largest absolute Gasteiger partial charge is 0.494 e. The fourth-order valence-corrected chi connectivity index (χ4v) is 3.63. The van der Waals surface area contributed by atoms with Crippen molar-refractivity contribution in [1.29, 1.82) is 0 Å². The predicted octanol–water partition coefficient (Wildman–Crippen LogP) is 0.738. The van der Waals surface area contributed by atoms with Gasteiger partial charge in [0.2, 0.25) is 17.7 Å². The summed E-state index contributed by atoms with van der Waals surface area (Å²) < 4.78 is 44.3. The number of halogens is 3. The molecule has 14 heteroatoms. The quantitative estimate of drug-likeness (QED) is 0.171. The fraction of sp³-hybridized carbons (Fsp3) is 0.423. The molecule has 0 aliphatic heterocycles. The van der Waals surface area contributed by atoms with Crippen molar-refractivity contribution in [3.8, 4) is 5.75 Å². The van der Waals surface area contributed by atoms with Crippen LogP contribution in [-0.4, -0.2) is 67.6 Å².